The molecule has 2 heteroatoms. The van der Waals surface area contributed by atoms with Gasteiger partial charge in [-0.25, -0.2) is 0 Å². The van der Waals surface area contributed by atoms with Crippen LogP contribution in [-0.4, -0.2) is 11.1 Å². The van der Waals surface area contributed by atoms with E-state index in [2.05, 4.69) is 22.0 Å². The number of carbonyl (C=O) groups is 1. The highest BCUT2D eigenvalue weighted by molar-refractivity contribution is 9.09. The average Bonchev–Trinajstić information content (AvgIpc) is 2.48. The number of hydrogen-bond acceptors (Lipinski definition) is 1. The number of carbonyl (C=O) groups excluding carboxylic acids is 1. The summed E-state index contributed by atoms with van der Waals surface area (Å²) in [5.41, 5.74) is 2.45. The Balaban J connectivity index is 2.32. The minimum atomic E-state index is 0.0692. The maximum atomic E-state index is 12.5. The topological polar surface area (TPSA) is 17.1 Å². The monoisotopic (exact) mass is 314 g/mol. The highest BCUT2D eigenvalue weighted by Crippen LogP contribution is 2.16. The van der Waals surface area contributed by atoms with Gasteiger partial charge in [-0.15, -0.1) is 0 Å². The molecule has 2 aromatic carbocycles. The summed E-state index contributed by atoms with van der Waals surface area (Å²) >= 11 is 3.39. The van der Waals surface area contributed by atoms with Gasteiger partial charge in [0, 0.05) is 16.5 Å². The molecular formula is C17H15BrO. The molecule has 0 spiro atoms. The normalized spacial score (nSPS) is 10.8. The molecule has 0 heterocycles. The van der Waals surface area contributed by atoms with Gasteiger partial charge in [0.15, 0.2) is 5.78 Å². The zero-order valence-electron chi connectivity index (χ0n) is 10.6. The van der Waals surface area contributed by atoms with Crippen LogP contribution < -0.4 is 0 Å². The van der Waals surface area contributed by atoms with Crippen LogP contribution in [0.2, 0.25) is 0 Å². The number of alkyl halides is 1. The molecular weight excluding hydrogens is 300 g/mol. The summed E-state index contributed by atoms with van der Waals surface area (Å²) in [7, 11) is 0. The van der Waals surface area contributed by atoms with Crippen molar-refractivity contribution in [2.75, 3.05) is 5.33 Å². The molecule has 96 valence electrons. The summed E-state index contributed by atoms with van der Waals surface area (Å²) in [5, 5.41) is 0.929. The lowest BCUT2D eigenvalue weighted by Crippen LogP contribution is -2.03. The molecule has 0 amide bonds. The second kappa shape index (κ2) is 7.05. The number of halogens is 1. The van der Waals surface area contributed by atoms with Crippen LogP contribution in [0.3, 0.4) is 0 Å². The van der Waals surface area contributed by atoms with Crippen molar-refractivity contribution in [2.24, 2.45) is 0 Å². The van der Waals surface area contributed by atoms with Crippen LogP contribution in [0.4, 0.5) is 0 Å². The number of allylic oxidation sites excluding steroid dienone is 1. The molecule has 0 fully saturated rings. The van der Waals surface area contributed by atoms with Crippen LogP contribution in [0, 0.1) is 0 Å². The van der Waals surface area contributed by atoms with Crippen molar-refractivity contribution in [3.8, 4) is 0 Å². The van der Waals surface area contributed by atoms with E-state index >= 15 is 0 Å². The first-order valence-electron chi connectivity index (χ1n) is 6.24. The van der Waals surface area contributed by atoms with E-state index in [4.69, 9.17) is 0 Å². The fourth-order valence-electron chi connectivity index (χ4n) is 1.87. The Bertz CT molecular complexity index is 573. The molecule has 0 saturated carbocycles. The maximum absolute atomic E-state index is 12.5. The van der Waals surface area contributed by atoms with E-state index in [1.54, 1.807) is 0 Å². The molecule has 19 heavy (non-hydrogen) atoms. The Morgan fingerprint density at radius 1 is 1.00 bits per heavy atom. The SMILES string of the molecule is O=C(c1ccccc1)c1ccccc1C=CCCBr. The molecule has 0 aromatic heterocycles. The van der Waals surface area contributed by atoms with E-state index in [-0.39, 0.29) is 5.78 Å². The van der Waals surface area contributed by atoms with Crippen LogP contribution in [0.15, 0.2) is 60.7 Å². The molecule has 2 aromatic rings. The fourth-order valence-corrected chi connectivity index (χ4v) is 2.13. The van der Waals surface area contributed by atoms with E-state index in [0.717, 1.165) is 28.4 Å². The molecule has 2 rings (SSSR count). The van der Waals surface area contributed by atoms with Crippen molar-refractivity contribution in [3.63, 3.8) is 0 Å². The number of ketones is 1. The minimum absolute atomic E-state index is 0.0692. The predicted molar refractivity (Wildman–Crippen MR) is 83.8 cm³/mol. The second-order valence-corrected chi connectivity index (χ2v) is 4.96. The van der Waals surface area contributed by atoms with E-state index in [1.165, 1.54) is 0 Å². The first-order chi connectivity index (χ1) is 9.33. The standard InChI is InChI=1S/C17H15BrO/c18-13-7-6-9-14-8-4-5-12-16(14)17(19)15-10-2-1-3-11-15/h1-6,8-12H,7,13H2. The van der Waals surface area contributed by atoms with E-state index in [9.17, 15) is 4.79 Å². The first kappa shape index (κ1) is 13.8. The van der Waals surface area contributed by atoms with Crippen LogP contribution >= 0.6 is 15.9 Å². The quantitative estimate of drug-likeness (QED) is 0.576. The summed E-state index contributed by atoms with van der Waals surface area (Å²) in [6.07, 6.45) is 5.04. The number of benzene rings is 2. The van der Waals surface area contributed by atoms with Crippen LogP contribution in [0.25, 0.3) is 6.08 Å². The van der Waals surface area contributed by atoms with Gasteiger partial charge in [-0.05, 0) is 12.0 Å². The highest BCUT2D eigenvalue weighted by Gasteiger charge is 2.10. The molecule has 0 N–H and O–H groups in total. The molecule has 0 aliphatic rings. The van der Waals surface area contributed by atoms with Gasteiger partial charge in [-0.3, -0.25) is 4.79 Å². The van der Waals surface area contributed by atoms with Gasteiger partial charge in [0.05, 0.1) is 0 Å². The smallest absolute Gasteiger partial charge is 0.193 e. The van der Waals surface area contributed by atoms with Gasteiger partial charge in [-0.1, -0.05) is 82.7 Å². The van der Waals surface area contributed by atoms with E-state index in [1.807, 2.05) is 60.7 Å². The number of hydrogen-bond donors (Lipinski definition) is 0. The van der Waals surface area contributed by atoms with Crippen molar-refractivity contribution in [1.82, 2.24) is 0 Å². The van der Waals surface area contributed by atoms with Crippen LogP contribution in [-0.2, 0) is 0 Å². The Morgan fingerprint density at radius 3 is 2.42 bits per heavy atom. The Kier molecular flexibility index (Phi) is 5.10. The third-order valence-corrected chi connectivity index (χ3v) is 3.27. The van der Waals surface area contributed by atoms with Gasteiger partial charge >= 0.3 is 0 Å². The molecule has 0 atom stereocenters. The summed E-state index contributed by atoms with van der Waals surface area (Å²) in [6.45, 7) is 0. The summed E-state index contributed by atoms with van der Waals surface area (Å²) < 4.78 is 0. The molecule has 0 aliphatic heterocycles. The molecule has 0 radical (unpaired) electrons. The maximum Gasteiger partial charge on any atom is 0.193 e. The molecule has 0 aliphatic carbocycles. The average molecular weight is 315 g/mol. The minimum Gasteiger partial charge on any atom is -0.289 e. The van der Waals surface area contributed by atoms with Crippen molar-refractivity contribution in [3.05, 3.63) is 77.4 Å². The lowest BCUT2D eigenvalue weighted by Gasteiger charge is -2.05. The Hall–Kier alpha value is -1.67. The lowest BCUT2D eigenvalue weighted by molar-refractivity contribution is 0.103. The van der Waals surface area contributed by atoms with Crippen molar-refractivity contribution in [2.45, 2.75) is 6.42 Å². The van der Waals surface area contributed by atoms with E-state index < -0.39 is 0 Å². The molecule has 0 saturated heterocycles. The molecule has 0 unspecified atom stereocenters. The summed E-state index contributed by atoms with van der Waals surface area (Å²) in [5.74, 6) is 0.0692. The van der Waals surface area contributed by atoms with Crippen LogP contribution in [0.5, 0.6) is 0 Å². The van der Waals surface area contributed by atoms with Crippen molar-refractivity contribution in [1.29, 1.82) is 0 Å². The van der Waals surface area contributed by atoms with Crippen molar-refractivity contribution < 1.29 is 4.79 Å². The van der Waals surface area contributed by atoms with Gasteiger partial charge in [-0.2, -0.15) is 0 Å². The van der Waals surface area contributed by atoms with Crippen molar-refractivity contribution >= 4 is 27.8 Å². The lowest BCUT2D eigenvalue weighted by atomic mass is 9.98. The zero-order valence-corrected chi connectivity index (χ0v) is 12.1. The van der Waals surface area contributed by atoms with Gasteiger partial charge in [0.1, 0.15) is 0 Å². The van der Waals surface area contributed by atoms with E-state index in [0.29, 0.717) is 0 Å². The summed E-state index contributed by atoms with van der Waals surface area (Å²) in [6, 6.07) is 17.1. The zero-order chi connectivity index (χ0) is 13.5. The Labute approximate surface area is 122 Å². The largest absolute Gasteiger partial charge is 0.289 e. The van der Waals surface area contributed by atoms with Gasteiger partial charge < -0.3 is 0 Å². The Morgan fingerprint density at radius 2 is 1.68 bits per heavy atom. The highest BCUT2D eigenvalue weighted by atomic mass is 79.9. The molecule has 1 nitrogen and oxygen atoms in total. The third-order valence-electron chi connectivity index (χ3n) is 2.81. The van der Waals surface area contributed by atoms with Crippen LogP contribution in [0.1, 0.15) is 27.9 Å². The third kappa shape index (κ3) is 3.65. The second-order valence-electron chi connectivity index (χ2n) is 4.16. The first-order valence-corrected chi connectivity index (χ1v) is 7.36. The predicted octanol–water partition coefficient (Wildman–Crippen LogP) is 4.72. The summed E-state index contributed by atoms with van der Waals surface area (Å²) in [4.78, 5) is 12.5. The van der Waals surface area contributed by atoms with Gasteiger partial charge in [0.2, 0.25) is 0 Å². The fraction of sp³-hybridized carbons (Fsp3) is 0.118. The molecule has 0 bridgehead atoms. The number of rotatable bonds is 5. The van der Waals surface area contributed by atoms with Gasteiger partial charge in [0.25, 0.3) is 0 Å².